The first-order valence-corrected chi connectivity index (χ1v) is 13.4. The quantitative estimate of drug-likeness (QED) is 0.0734. The summed E-state index contributed by atoms with van der Waals surface area (Å²) in [5, 5.41) is 110. The molecular formula is C30H26O17. The number of rotatable bonds is 7. The van der Waals surface area contributed by atoms with Crippen LogP contribution in [0.3, 0.4) is 0 Å². The van der Waals surface area contributed by atoms with Crippen LogP contribution in [0.25, 0.3) is 28.4 Å². The molecule has 1 aliphatic rings. The molecule has 248 valence electrons. The van der Waals surface area contributed by atoms with Crippen molar-refractivity contribution in [3.8, 4) is 63.1 Å². The van der Waals surface area contributed by atoms with E-state index in [0.29, 0.717) is 0 Å². The SMILES string of the molecule is O=C(C=Cc1cc(O)c(O)c(O)c1)OCC1OC(Oc2cc3oc(-c4ccc(O)c(O)c4)c(O)c(=O)c3c(O)c2O)C(O)C(O)C1O. The number of aliphatic hydroxyl groups excluding tert-OH is 3. The average Bonchev–Trinajstić information content (AvgIpc) is 3.03. The molecule has 1 aliphatic heterocycles. The highest BCUT2D eigenvalue weighted by molar-refractivity contribution is 5.91. The Morgan fingerprint density at radius 2 is 1.45 bits per heavy atom. The van der Waals surface area contributed by atoms with Gasteiger partial charge in [0.05, 0.1) is 0 Å². The van der Waals surface area contributed by atoms with E-state index in [1.54, 1.807) is 0 Å². The highest BCUT2D eigenvalue weighted by Crippen LogP contribution is 2.44. The fraction of sp³-hybridized carbons (Fsp3) is 0.200. The van der Waals surface area contributed by atoms with E-state index >= 15 is 0 Å². The second-order valence-electron chi connectivity index (χ2n) is 10.3. The van der Waals surface area contributed by atoms with Crippen molar-refractivity contribution in [2.45, 2.75) is 30.7 Å². The Balaban J connectivity index is 1.37. The third-order valence-corrected chi connectivity index (χ3v) is 7.12. The lowest BCUT2D eigenvalue weighted by Gasteiger charge is -2.39. The zero-order valence-electron chi connectivity index (χ0n) is 23.6. The summed E-state index contributed by atoms with van der Waals surface area (Å²) in [5.41, 5.74) is -1.63. The number of aromatic hydroxyl groups is 8. The average molecular weight is 659 g/mol. The minimum absolute atomic E-state index is 0.0680. The summed E-state index contributed by atoms with van der Waals surface area (Å²) in [6, 6.07) is 6.18. The zero-order valence-corrected chi connectivity index (χ0v) is 23.6. The first kappa shape index (κ1) is 32.5. The van der Waals surface area contributed by atoms with Crippen molar-refractivity contribution >= 4 is 23.0 Å². The number of hydrogen-bond donors (Lipinski definition) is 11. The molecule has 0 saturated carbocycles. The zero-order chi connectivity index (χ0) is 34.3. The van der Waals surface area contributed by atoms with Crippen LogP contribution in [0.4, 0.5) is 0 Å². The number of carbonyl (C=O) groups excluding carboxylic acids is 1. The number of phenols is 7. The Labute approximate surface area is 261 Å². The smallest absolute Gasteiger partial charge is 0.330 e. The van der Waals surface area contributed by atoms with Crippen LogP contribution in [-0.2, 0) is 14.3 Å². The third kappa shape index (κ3) is 6.18. The van der Waals surface area contributed by atoms with Gasteiger partial charge in [0, 0.05) is 17.7 Å². The molecule has 1 saturated heterocycles. The Hall–Kier alpha value is -5.88. The minimum Gasteiger partial charge on any atom is -0.504 e. The summed E-state index contributed by atoms with van der Waals surface area (Å²) >= 11 is 0. The second kappa shape index (κ2) is 12.5. The van der Waals surface area contributed by atoms with Gasteiger partial charge in [0.2, 0.25) is 23.2 Å². The molecule has 5 unspecified atom stereocenters. The van der Waals surface area contributed by atoms with Crippen LogP contribution >= 0.6 is 0 Å². The van der Waals surface area contributed by atoms with Crippen LogP contribution < -0.4 is 10.2 Å². The van der Waals surface area contributed by atoms with Crippen LogP contribution in [0.1, 0.15) is 5.56 Å². The maximum atomic E-state index is 12.9. The molecule has 0 spiro atoms. The topological polar surface area (TPSA) is 298 Å². The number of carbonyl (C=O) groups is 1. The summed E-state index contributed by atoms with van der Waals surface area (Å²) < 4.78 is 21.5. The maximum Gasteiger partial charge on any atom is 0.330 e. The van der Waals surface area contributed by atoms with Crippen LogP contribution in [0, 0.1) is 0 Å². The van der Waals surface area contributed by atoms with Gasteiger partial charge in [0.25, 0.3) is 0 Å². The van der Waals surface area contributed by atoms with Crippen LogP contribution in [0.5, 0.6) is 51.7 Å². The normalized spacial score (nSPS) is 21.2. The lowest BCUT2D eigenvalue weighted by molar-refractivity contribution is -0.278. The van der Waals surface area contributed by atoms with E-state index in [1.165, 1.54) is 6.07 Å². The molecule has 5 atom stereocenters. The van der Waals surface area contributed by atoms with Gasteiger partial charge in [-0.15, -0.1) is 0 Å². The molecule has 1 aromatic heterocycles. The van der Waals surface area contributed by atoms with Crippen LogP contribution in [-0.4, -0.2) is 99.5 Å². The van der Waals surface area contributed by atoms with Gasteiger partial charge < -0.3 is 74.8 Å². The van der Waals surface area contributed by atoms with Crippen molar-refractivity contribution in [2.24, 2.45) is 0 Å². The predicted octanol–water partition coefficient (Wildman–Crippen LogP) is 0.548. The summed E-state index contributed by atoms with van der Waals surface area (Å²) in [7, 11) is 0. The number of esters is 1. The molecule has 3 aromatic carbocycles. The van der Waals surface area contributed by atoms with E-state index in [1.807, 2.05) is 0 Å². The number of benzene rings is 3. The van der Waals surface area contributed by atoms with Crippen molar-refractivity contribution in [1.29, 1.82) is 0 Å². The minimum atomic E-state index is -1.98. The summed E-state index contributed by atoms with van der Waals surface area (Å²) in [6.45, 7) is -0.716. The molecule has 2 heterocycles. The van der Waals surface area contributed by atoms with E-state index in [9.17, 15) is 65.8 Å². The number of phenolic OH excluding ortho intramolecular Hbond substituents is 7. The number of aliphatic hydroxyl groups is 3. The predicted molar refractivity (Wildman–Crippen MR) is 155 cm³/mol. The van der Waals surface area contributed by atoms with Crippen molar-refractivity contribution in [2.75, 3.05) is 6.61 Å². The van der Waals surface area contributed by atoms with Gasteiger partial charge in [-0.05, 0) is 42.0 Å². The third-order valence-electron chi connectivity index (χ3n) is 7.12. The molecule has 5 rings (SSSR count). The fourth-order valence-corrected chi connectivity index (χ4v) is 4.62. The number of ether oxygens (including phenoxy) is 3. The van der Waals surface area contributed by atoms with E-state index in [-0.39, 0.29) is 11.1 Å². The Kier molecular flexibility index (Phi) is 8.64. The van der Waals surface area contributed by atoms with Gasteiger partial charge in [-0.2, -0.15) is 0 Å². The monoisotopic (exact) mass is 658 g/mol. The summed E-state index contributed by atoms with van der Waals surface area (Å²) in [4.78, 5) is 25.1. The molecular weight excluding hydrogens is 632 g/mol. The molecule has 0 amide bonds. The van der Waals surface area contributed by atoms with E-state index in [2.05, 4.69) is 0 Å². The summed E-state index contributed by atoms with van der Waals surface area (Å²) in [6.07, 6.45) is -7.19. The first-order chi connectivity index (χ1) is 22.2. The molecule has 0 aliphatic carbocycles. The maximum absolute atomic E-state index is 12.9. The van der Waals surface area contributed by atoms with Crippen molar-refractivity contribution in [3.63, 3.8) is 0 Å². The Morgan fingerprint density at radius 3 is 2.11 bits per heavy atom. The van der Waals surface area contributed by atoms with Crippen LogP contribution in [0.15, 0.2) is 51.7 Å². The van der Waals surface area contributed by atoms with Crippen molar-refractivity contribution in [3.05, 3.63) is 58.3 Å². The standard InChI is InChI=1S/C30H26O17/c31-12-3-2-11(7-13(12)32)29-27(42)25(40)20-16(45-29)8-17(22(37)24(20)39)46-30-28(43)26(41)23(38)18(47-30)9-44-19(35)4-1-10-5-14(33)21(36)15(34)6-10/h1-8,18,23,26,28,30-34,36-39,41-43H,9H2. The highest BCUT2D eigenvalue weighted by Gasteiger charge is 2.46. The van der Waals surface area contributed by atoms with Crippen molar-refractivity contribution < 1.29 is 79.6 Å². The molecule has 0 radical (unpaired) electrons. The first-order valence-electron chi connectivity index (χ1n) is 13.4. The van der Waals surface area contributed by atoms with Gasteiger partial charge in [0.15, 0.2) is 46.0 Å². The van der Waals surface area contributed by atoms with Gasteiger partial charge in [-0.1, -0.05) is 0 Å². The molecule has 11 N–H and O–H groups in total. The van der Waals surface area contributed by atoms with E-state index < -0.39 is 117 Å². The van der Waals surface area contributed by atoms with Crippen molar-refractivity contribution in [1.82, 2.24) is 0 Å². The molecule has 47 heavy (non-hydrogen) atoms. The number of fused-ring (bicyclic) bond motifs is 1. The largest absolute Gasteiger partial charge is 0.504 e. The second-order valence-corrected chi connectivity index (χ2v) is 10.3. The molecule has 17 nitrogen and oxygen atoms in total. The lowest BCUT2D eigenvalue weighted by Crippen LogP contribution is -2.60. The fourth-order valence-electron chi connectivity index (χ4n) is 4.62. The Bertz CT molecular complexity index is 1920. The Morgan fingerprint density at radius 1 is 0.766 bits per heavy atom. The molecule has 1 fully saturated rings. The van der Waals surface area contributed by atoms with Crippen LogP contribution in [0.2, 0.25) is 0 Å². The lowest BCUT2D eigenvalue weighted by atomic mass is 9.99. The van der Waals surface area contributed by atoms with Gasteiger partial charge >= 0.3 is 5.97 Å². The van der Waals surface area contributed by atoms with Gasteiger partial charge in [-0.3, -0.25) is 4.79 Å². The van der Waals surface area contributed by atoms with Gasteiger partial charge in [0.1, 0.15) is 42.0 Å². The van der Waals surface area contributed by atoms with Gasteiger partial charge in [-0.25, -0.2) is 4.79 Å². The number of hydrogen-bond acceptors (Lipinski definition) is 17. The molecule has 0 bridgehead atoms. The van der Waals surface area contributed by atoms with E-state index in [0.717, 1.165) is 42.5 Å². The molecule has 4 aromatic rings. The van der Waals surface area contributed by atoms with E-state index in [4.69, 9.17) is 18.6 Å². The summed E-state index contributed by atoms with van der Waals surface area (Å²) in [5.74, 6) is -8.57. The highest BCUT2D eigenvalue weighted by atomic mass is 16.7. The molecule has 17 heteroatoms.